The lowest BCUT2D eigenvalue weighted by Crippen LogP contribution is -2.09. The second-order valence-electron chi connectivity index (χ2n) is 3.51. The van der Waals surface area contributed by atoms with Gasteiger partial charge >= 0.3 is 5.69 Å². The van der Waals surface area contributed by atoms with Gasteiger partial charge in [-0.25, -0.2) is 4.98 Å². The molecule has 0 radical (unpaired) electrons. The van der Waals surface area contributed by atoms with E-state index in [0.717, 1.165) is 11.1 Å². The summed E-state index contributed by atoms with van der Waals surface area (Å²) < 4.78 is 0. The Labute approximate surface area is 112 Å². The molecular weight excluding hydrogens is 276 g/mol. The molecule has 0 aromatic carbocycles. The number of hydrogen-bond acceptors (Lipinski definition) is 6. The molecule has 0 fully saturated rings. The minimum absolute atomic E-state index is 0.0264. The minimum atomic E-state index is -0.542. The van der Waals surface area contributed by atoms with E-state index in [0.29, 0.717) is 0 Å². The molecule has 0 amide bonds. The molecule has 94 valence electrons. The Balaban J connectivity index is 2.28. The van der Waals surface area contributed by atoms with Crippen molar-refractivity contribution in [2.75, 3.05) is 5.32 Å². The standard InChI is InChI=1S/C10H9ClN4O2S/c1-6(8-3-2-4-18-8)13-9-7(15(16)17)5-12-10(11)14-9/h2-6H,1H3,(H,12,13,14). The average molecular weight is 285 g/mol. The van der Waals surface area contributed by atoms with Crippen LogP contribution in [-0.4, -0.2) is 14.9 Å². The molecule has 6 nitrogen and oxygen atoms in total. The van der Waals surface area contributed by atoms with Gasteiger partial charge in [-0.3, -0.25) is 10.1 Å². The summed E-state index contributed by atoms with van der Waals surface area (Å²) in [5, 5.41) is 15.7. The van der Waals surface area contributed by atoms with E-state index in [1.165, 1.54) is 0 Å². The van der Waals surface area contributed by atoms with Crippen LogP contribution in [0.15, 0.2) is 23.7 Å². The van der Waals surface area contributed by atoms with E-state index in [1.54, 1.807) is 11.3 Å². The van der Waals surface area contributed by atoms with Gasteiger partial charge in [-0.1, -0.05) is 6.07 Å². The SMILES string of the molecule is CC(Nc1nc(Cl)ncc1[N+](=O)[O-])c1cccs1. The number of anilines is 1. The van der Waals surface area contributed by atoms with Gasteiger partial charge < -0.3 is 5.32 Å². The van der Waals surface area contributed by atoms with Crippen molar-refractivity contribution in [2.24, 2.45) is 0 Å². The number of nitro groups is 1. The molecule has 18 heavy (non-hydrogen) atoms. The Hall–Kier alpha value is -1.73. The number of thiophene rings is 1. The third kappa shape index (κ3) is 2.74. The van der Waals surface area contributed by atoms with Crippen LogP contribution in [0.3, 0.4) is 0 Å². The van der Waals surface area contributed by atoms with E-state index in [4.69, 9.17) is 11.6 Å². The first-order chi connectivity index (χ1) is 8.58. The molecule has 1 atom stereocenters. The van der Waals surface area contributed by atoms with Crippen LogP contribution < -0.4 is 5.32 Å². The summed E-state index contributed by atoms with van der Waals surface area (Å²) >= 11 is 7.21. The Morgan fingerprint density at radius 3 is 3.00 bits per heavy atom. The number of halogens is 1. The van der Waals surface area contributed by atoms with E-state index in [9.17, 15) is 10.1 Å². The number of aromatic nitrogens is 2. The summed E-state index contributed by atoms with van der Waals surface area (Å²) in [5.74, 6) is 0.126. The minimum Gasteiger partial charge on any atom is -0.357 e. The maximum atomic E-state index is 10.8. The van der Waals surface area contributed by atoms with Crippen LogP contribution in [0.5, 0.6) is 0 Å². The number of nitrogens with zero attached hydrogens (tertiary/aromatic N) is 3. The highest BCUT2D eigenvalue weighted by atomic mass is 35.5. The van der Waals surface area contributed by atoms with Gasteiger partial charge in [-0.05, 0) is 30.0 Å². The predicted octanol–water partition coefficient (Wildman–Crippen LogP) is 3.27. The lowest BCUT2D eigenvalue weighted by atomic mass is 10.2. The topological polar surface area (TPSA) is 81.0 Å². The van der Waals surface area contributed by atoms with Crippen molar-refractivity contribution in [1.29, 1.82) is 0 Å². The zero-order valence-corrected chi connectivity index (χ0v) is 10.9. The summed E-state index contributed by atoms with van der Waals surface area (Å²) in [6.07, 6.45) is 1.10. The zero-order valence-electron chi connectivity index (χ0n) is 9.33. The fraction of sp³-hybridized carbons (Fsp3) is 0.200. The van der Waals surface area contributed by atoms with Crippen molar-refractivity contribution < 1.29 is 4.92 Å². The summed E-state index contributed by atoms with van der Waals surface area (Å²) in [7, 11) is 0. The molecule has 2 aromatic heterocycles. The third-order valence-corrected chi connectivity index (χ3v) is 3.50. The van der Waals surface area contributed by atoms with Crippen LogP contribution in [0.1, 0.15) is 17.8 Å². The lowest BCUT2D eigenvalue weighted by molar-refractivity contribution is -0.384. The molecule has 8 heteroatoms. The second-order valence-corrected chi connectivity index (χ2v) is 4.83. The molecule has 1 unspecified atom stereocenters. The highest BCUT2D eigenvalue weighted by Gasteiger charge is 2.19. The van der Waals surface area contributed by atoms with E-state index in [-0.39, 0.29) is 22.8 Å². The number of nitrogens with one attached hydrogen (secondary N) is 1. The van der Waals surface area contributed by atoms with Crippen molar-refractivity contribution in [2.45, 2.75) is 13.0 Å². The smallest absolute Gasteiger partial charge is 0.329 e. The second kappa shape index (κ2) is 5.28. The molecule has 0 saturated heterocycles. The summed E-state index contributed by atoms with van der Waals surface area (Å²) in [6.45, 7) is 1.89. The van der Waals surface area contributed by atoms with E-state index >= 15 is 0 Å². The van der Waals surface area contributed by atoms with Gasteiger partial charge in [-0.15, -0.1) is 11.3 Å². The van der Waals surface area contributed by atoms with E-state index in [2.05, 4.69) is 15.3 Å². The quantitative estimate of drug-likeness (QED) is 0.529. The maximum Gasteiger partial charge on any atom is 0.329 e. The largest absolute Gasteiger partial charge is 0.357 e. The highest BCUT2D eigenvalue weighted by molar-refractivity contribution is 7.10. The Bertz CT molecular complexity index is 561. The zero-order chi connectivity index (χ0) is 13.1. The highest BCUT2D eigenvalue weighted by Crippen LogP contribution is 2.28. The number of hydrogen-bond donors (Lipinski definition) is 1. The van der Waals surface area contributed by atoms with Crippen molar-refractivity contribution in [3.8, 4) is 0 Å². The molecule has 0 bridgehead atoms. The van der Waals surface area contributed by atoms with Crippen LogP contribution in [0, 0.1) is 10.1 Å². The molecule has 0 aliphatic rings. The average Bonchev–Trinajstić information content (AvgIpc) is 2.81. The molecule has 0 spiro atoms. The predicted molar refractivity (Wildman–Crippen MR) is 70.1 cm³/mol. The van der Waals surface area contributed by atoms with Crippen molar-refractivity contribution in [1.82, 2.24) is 9.97 Å². The first-order valence-corrected chi connectivity index (χ1v) is 6.30. The molecule has 2 aromatic rings. The van der Waals surface area contributed by atoms with Gasteiger partial charge in [0.25, 0.3) is 0 Å². The van der Waals surface area contributed by atoms with Gasteiger partial charge in [0.1, 0.15) is 6.20 Å². The molecule has 0 aliphatic carbocycles. The normalized spacial score (nSPS) is 12.1. The monoisotopic (exact) mass is 284 g/mol. The molecule has 2 heterocycles. The fourth-order valence-corrected chi connectivity index (χ4v) is 2.28. The third-order valence-electron chi connectivity index (χ3n) is 2.26. The Morgan fingerprint density at radius 2 is 2.39 bits per heavy atom. The van der Waals surface area contributed by atoms with E-state index in [1.807, 2.05) is 24.4 Å². The van der Waals surface area contributed by atoms with Crippen LogP contribution >= 0.6 is 22.9 Å². The first-order valence-electron chi connectivity index (χ1n) is 5.05. The van der Waals surface area contributed by atoms with Crippen molar-refractivity contribution in [3.05, 3.63) is 44.0 Å². The van der Waals surface area contributed by atoms with Crippen LogP contribution in [-0.2, 0) is 0 Å². The lowest BCUT2D eigenvalue weighted by Gasteiger charge is -2.12. The first kappa shape index (κ1) is 12.7. The summed E-state index contributed by atoms with van der Waals surface area (Å²) in [6, 6.07) is 3.77. The fourth-order valence-electron chi connectivity index (χ4n) is 1.41. The van der Waals surface area contributed by atoms with Gasteiger partial charge in [0.15, 0.2) is 0 Å². The Kier molecular flexibility index (Phi) is 3.73. The summed E-state index contributed by atoms with van der Waals surface area (Å²) in [4.78, 5) is 18.8. The maximum absolute atomic E-state index is 10.8. The van der Waals surface area contributed by atoms with Crippen molar-refractivity contribution >= 4 is 34.4 Å². The van der Waals surface area contributed by atoms with Gasteiger partial charge in [0, 0.05) is 4.88 Å². The molecule has 2 rings (SSSR count). The van der Waals surface area contributed by atoms with Gasteiger partial charge in [0.05, 0.1) is 11.0 Å². The number of rotatable bonds is 4. The molecular formula is C10H9ClN4O2S. The Morgan fingerprint density at radius 1 is 1.61 bits per heavy atom. The van der Waals surface area contributed by atoms with Gasteiger partial charge in [-0.2, -0.15) is 4.98 Å². The van der Waals surface area contributed by atoms with E-state index < -0.39 is 4.92 Å². The van der Waals surface area contributed by atoms with Crippen LogP contribution in [0.25, 0.3) is 0 Å². The van der Waals surface area contributed by atoms with Crippen LogP contribution in [0.4, 0.5) is 11.5 Å². The van der Waals surface area contributed by atoms with Crippen molar-refractivity contribution in [3.63, 3.8) is 0 Å². The van der Waals surface area contributed by atoms with Crippen LogP contribution in [0.2, 0.25) is 5.28 Å². The molecule has 1 N–H and O–H groups in total. The molecule has 0 saturated carbocycles. The summed E-state index contributed by atoms with van der Waals surface area (Å²) in [5.41, 5.74) is -0.192. The molecule has 0 aliphatic heterocycles. The van der Waals surface area contributed by atoms with Gasteiger partial charge in [0.2, 0.25) is 11.1 Å².